The lowest BCUT2D eigenvalue weighted by Gasteiger charge is -2.40. The Morgan fingerprint density at radius 3 is 2.55 bits per heavy atom. The van der Waals surface area contributed by atoms with Crippen molar-refractivity contribution >= 4 is 23.4 Å². The first-order valence-electron chi connectivity index (χ1n) is 6.76. The maximum absolute atomic E-state index is 12.4. The Morgan fingerprint density at radius 2 is 1.95 bits per heavy atom. The highest BCUT2D eigenvalue weighted by atomic mass is 35.5. The SMILES string of the molecule is CC1NC(=O)C(C(C)C)N(Cc2ccccc2Cl)C1=O. The van der Waals surface area contributed by atoms with Gasteiger partial charge in [-0.2, -0.15) is 0 Å². The van der Waals surface area contributed by atoms with Crippen LogP contribution < -0.4 is 5.32 Å². The van der Waals surface area contributed by atoms with Crippen molar-refractivity contribution < 1.29 is 9.59 Å². The molecule has 1 aliphatic heterocycles. The highest BCUT2D eigenvalue weighted by Crippen LogP contribution is 2.23. The van der Waals surface area contributed by atoms with Gasteiger partial charge in [-0.05, 0) is 24.5 Å². The molecule has 108 valence electrons. The molecule has 20 heavy (non-hydrogen) atoms. The minimum Gasteiger partial charge on any atom is -0.343 e. The predicted molar refractivity (Wildman–Crippen MR) is 78.2 cm³/mol. The fourth-order valence-corrected chi connectivity index (χ4v) is 2.73. The Bertz CT molecular complexity index is 530. The molecule has 0 aromatic heterocycles. The van der Waals surface area contributed by atoms with Crippen molar-refractivity contribution in [3.05, 3.63) is 34.9 Å². The Balaban J connectivity index is 2.31. The lowest BCUT2D eigenvalue weighted by Crippen LogP contribution is -2.63. The zero-order valence-electron chi connectivity index (χ0n) is 11.9. The Hall–Kier alpha value is -1.55. The molecule has 0 radical (unpaired) electrons. The lowest BCUT2D eigenvalue weighted by molar-refractivity contribution is -0.151. The molecule has 0 bridgehead atoms. The largest absolute Gasteiger partial charge is 0.343 e. The average Bonchev–Trinajstić information content (AvgIpc) is 2.37. The standard InChI is InChI=1S/C15H19ClN2O2/c1-9(2)13-14(19)17-10(3)15(20)18(13)8-11-6-4-5-7-12(11)16/h4-7,9-10,13H,8H2,1-3H3,(H,17,19). The van der Waals surface area contributed by atoms with Crippen molar-refractivity contribution in [1.29, 1.82) is 0 Å². The van der Waals surface area contributed by atoms with Crippen LogP contribution in [0.4, 0.5) is 0 Å². The van der Waals surface area contributed by atoms with Crippen LogP contribution >= 0.6 is 11.6 Å². The molecule has 1 aromatic rings. The number of hydrogen-bond acceptors (Lipinski definition) is 2. The topological polar surface area (TPSA) is 49.4 Å². The second-order valence-corrected chi connectivity index (χ2v) is 5.88. The lowest BCUT2D eigenvalue weighted by atomic mass is 9.96. The van der Waals surface area contributed by atoms with E-state index in [0.29, 0.717) is 11.6 Å². The van der Waals surface area contributed by atoms with E-state index < -0.39 is 12.1 Å². The second-order valence-electron chi connectivity index (χ2n) is 5.48. The molecule has 1 saturated heterocycles. The maximum Gasteiger partial charge on any atom is 0.245 e. The van der Waals surface area contributed by atoms with Gasteiger partial charge >= 0.3 is 0 Å². The molecule has 1 aromatic carbocycles. The molecule has 2 amide bonds. The smallest absolute Gasteiger partial charge is 0.245 e. The first-order valence-corrected chi connectivity index (χ1v) is 7.14. The van der Waals surface area contributed by atoms with Gasteiger partial charge in [-0.1, -0.05) is 43.6 Å². The molecule has 2 rings (SSSR count). The van der Waals surface area contributed by atoms with E-state index in [-0.39, 0.29) is 17.7 Å². The molecule has 0 aliphatic carbocycles. The minimum absolute atomic E-state index is 0.0499. The van der Waals surface area contributed by atoms with Crippen LogP contribution in [-0.2, 0) is 16.1 Å². The molecule has 2 atom stereocenters. The Morgan fingerprint density at radius 1 is 1.30 bits per heavy atom. The third-order valence-electron chi connectivity index (χ3n) is 3.55. The van der Waals surface area contributed by atoms with Crippen molar-refractivity contribution in [2.45, 2.75) is 39.4 Å². The van der Waals surface area contributed by atoms with E-state index in [1.54, 1.807) is 17.9 Å². The summed E-state index contributed by atoms with van der Waals surface area (Å²) in [5, 5.41) is 3.34. The summed E-state index contributed by atoms with van der Waals surface area (Å²) in [4.78, 5) is 26.1. The highest BCUT2D eigenvalue weighted by molar-refractivity contribution is 6.31. The monoisotopic (exact) mass is 294 g/mol. The fourth-order valence-electron chi connectivity index (χ4n) is 2.54. The van der Waals surface area contributed by atoms with Crippen LogP contribution in [0.5, 0.6) is 0 Å². The highest BCUT2D eigenvalue weighted by Gasteiger charge is 2.40. The summed E-state index contributed by atoms with van der Waals surface area (Å²) in [5.74, 6) is -0.115. The van der Waals surface area contributed by atoms with Crippen LogP contribution in [0.3, 0.4) is 0 Å². The van der Waals surface area contributed by atoms with E-state index in [1.165, 1.54) is 0 Å². The van der Waals surface area contributed by atoms with Crippen molar-refractivity contribution in [2.75, 3.05) is 0 Å². The van der Waals surface area contributed by atoms with Gasteiger partial charge in [-0.25, -0.2) is 0 Å². The number of nitrogens with zero attached hydrogens (tertiary/aromatic N) is 1. The molecule has 1 fully saturated rings. The average molecular weight is 295 g/mol. The third-order valence-corrected chi connectivity index (χ3v) is 3.92. The molecular formula is C15H19ClN2O2. The van der Waals surface area contributed by atoms with Crippen LogP contribution in [0.15, 0.2) is 24.3 Å². The van der Waals surface area contributed by atoms with Crippen LogP contribution in [0.25, 0.3) is 0 Å². The van der Waals surface area contributed by atoms with Gasteiger partial charge in [0.05, 0.1) is 0 Å². The van der Waals surface area contributed by atoms with Crippen molar-refractivity contribution in [3.8, 4) is 0 Å². The van der Waals surface area contributed by atoms with Gasteiger partial charge in [0.25, 0.3) is 0 Å². The Kier molecular flexibility index (Phi) is 4.33. The Labute approximate surface area is 124 Å². The molecule has 1 N–H and O–H groups in total. The van der Waals surface area contributed by atoms with E-state index in [1.807, 2.05) is 32.0 Å². The molecule has 5 heteroatoms. The van der Waals surface area contributed by atoms with Gasteiger partial charge in [0.1, 0.15) is 12.1 Å². The van der Waals surface area contributed by atoms with Gasteiger partial charge < -0.3 is 10.2 Å². The molecular weight excluding hydrogens is 276 g/mol. The maximum atomic E-state index is 12.4. The summed E-state index contributed by atoms with van der Waals surface area (Å²) in [5.41, 5.74) is 0.857. The number of carbonyl (C=O) groups is 2. The fraction of sp³-hybridized carbons (Fsp3) is 0.467. The molecule has 4 nitrogen and oxygen atoms in total. The normalized spacial score (nSPS) is 23.1. The number of benzene rings is 1. The predicted octanol–water partition coefficient (Wildman–Crippen LogP) is 2.21. The van der Waals surface area contributed by atoms with E-state index in [2.05, 4.69) is 5.32 Å². The number of nitrogens with one attached hydrogen (secondary N) is 1. The van der Waals surface area contributed by atoms with E-state index in [0.717, 1.165) is 5.56 Å². The summed E-state index contributed by atoms with van der Waals surface area (Å²) < 4.78 is 0. The summed E-state index contributed by atoms with van der Waals surface area (Å²) in [6.07, 6.45) is 0. The number of hydrogen-bond donors (Lipinski definition) is 1. The zero-order chi connectivity index (χ0) is 14.9. The zero-order valence-corrected chi connectivity index (χ0v) is 12.6. The molecule has 0 spiro atoms. The van der Waals surface area contributed by atoms with Gasteiger partial charge in [-0.15, -0.1) is 0 Å². The van der Waals surface area contributed by atoms with Crippen LogP contribution in [-0.4, -0.2) is 28.8 Å². The van der Waals surface area contributed by atoms with Crippen molar-refractivity contribution in [1.82, 2.24) is 10.2 Å². The molecule has 1 aliphatic rings. The van der Waals surface area contributed by atoms with Crippen LogP contribution in [0.2, 0.25) is 5.02 Å². The van der Waals surface area contributed by atoms with E-state index in [4.69, 9.17) is 11.6 Å². The van der Waals surface area contributed by atoms with E-state index >= 15 is 0 Å². The van der Waals surface area contributed by atoms with Crippen molar-refractivity contribution in [2.24, 2.45) is 5.92 Å². The van der Waals surface area contributed by atoms with Crippen LogP contribution in [0, 0.1) is 5.92 Å². The number of amides is 2. The quantitative estimate of drug-likeness (QED) is 0.929. The number of piperazine rings is 1. The number of carbonyl (C=O) groups excluding carboxylic acids is 2. The molecule has 1 heterocycles. The summed E-state index contributed by atoms with van der Waals surface area (Å²) >= 11 is 6.15. The molecule has 2 unspecified atom stereocenters. The minimum atomic E-state index is -0.486. The van der Waals surface area contributed by atoms with Gasteiger partial charge in [0.15, 0.2) is 0 Å². The van der Waals surface area contributed by atoms with Crippen LogP contribution in [0.1, 0.15) is 26.3 Å². The first kappa shape index (κ1) is 14.9. The van der Waals surface area contributed by atoms with Crippen molar-refractivity contribution in [3.63, 3.8) is 0 Å². The van der Waals surface area contributed by atoms with Gasteiger partial charge in [0, 0.05) is 11.6 Å². The second kappa shape index (κ2) is 5.83. The van der Waals surface area contributed by atoms with E-state index in [9.17, 15) is 9.59 Å². The third kappa shape index (κ3) is 2.80. The number of halogens is 1. The van der Waals surface area contributed by atoms with Gasteiger partial charge in [0.2, 0.25) is 11.8 Å². The first-order chi connectivity index (χ1) is 9.41. The number of rotatable bonds is 3. The summed E-state index contributed by atoms with van der Waals surface area (Å²) in [7, 11) is 0. The summed E-state index contributed by atoms with van der Waals surface area (Å²) in [6, 6.07) is 6.46. The van der Waals surface area contributed by atoms with Gasteiger partial charge in [-0.3, -0.25) is 9.59 Å². The summed E-state index contributed by atoms with van der Waals surface area (Å²) in [6.45, 7) is 5.94. The molecule has 0 saturated carbocycles.